The third-order valence-corrected chi connectivity index (χ3v) is 3.37. The highest BCUT2D eigenvalue weighted by Gasteiger charge is 2.63. The molecule has 0 saturated heterocycles. The van der Waals surface area contributed by atoms with Gasteiger partial charge in [0.05, 0.1) is 11.6 Å². The van der Waals surface area contributed by atoms with Crippen molar-refractivity contribution in [3.8, 4) is 11.8 Å². The van der Waals surface area contributed by atoms with E-state index in [1.54, 1.807) is 18.2 Å². The van der Waals surface area contributed by atoms with E-state index in [9.17, 15) is 18.3 Å². The van der Waals surface area contributed by atoms with E-state index in [4.69, 9.17) is 10.00 Å². The van der Waals surface area contributed by atoms with Crippen molar-refractivity contribution in [2.24, 2.45) is 0 Å². The van der Waals surface area contributed by atoms with E-state index in [1.807, 2.05) is 6.07 Å². The zero-order valence-electron chi connectivity index (χ0n) is 11.2. The van der Waals surface area contributed by atoms with Crippen molar-refractivity contribution >= 4 is 0 Å². The number of nitriles is 1. The first-order valence-corrected chi connectivity index (χ1v) is 6.49. The Labute approximate surface area is 120 Å². The lowest BCUT2D eigenvalue weighted by Crippen LogP contribution is -2.48. The van der Waals surface area contributed by atoms with Crippen LogP contribution in [0.2, 0.25) is 0 Å². The van der Waals surface area contributed by atoms with Crippen LogP contribution in [0.25, 0.3) is 0 Å². The number of alkyl halides is 3. The van der Waals surface area contributed by atoms with Crippen LogP contribution in [0.15, 0.2) is 24.3 Å². The summed E-state index contributed by atoms with van der Waals surface area (Å²) >= 11 is 0. The summed E-state index contributed by atoms with van der Waals surface area (Å²) in [7, 11) is 0. The Morgan fingerprint density at radius 2 is 2.14 bits per heavy atom. The zero-order valence-corrected chi connectivity index (χ0v) is 11.2. The van der Waals surface area contributed by atoms with Gasteiger partial charge in [-0.1, -0.05) is 6.07 Å². The van der Waals surface area contributed by atoms with Gasteiger partial charge in [-0.3, -0.25) is 0 Å². The number of nitrogens with zero attached hydrogens (tertiary/aromatic N) is 1. The van der Waals surface area contributed by atoms with Crippen LogP contribution in [-0.2, 0) is 0 Å². The molecular weight excluding hydrogens is 285 g/mol. The maximum Gasteiger partial charge on any atom is 0.406 e. The Bertz CT molecular complexity index is 536. The standard InChI is InChI=1S/C14H15F3N2O2/c15-14(16,17)13(4-5-13)19-8-11(20)9-21-12-3-1-2-10(6-12)7-18/h1-3,6,11,19-20H,4-5,8-9H2. The zero-order chi connectivity index (χ0) is 15.5. The molecule has 21 heavy (non-hydrogen) atoms. The van der Waals surface area contributed by atoms with E-state index < -0.39 is 17.8 Å². The molecule has 1 fully saturated rings. The minimum absolute atomic E-state index is 0.0360. The van der Waals surface area contributed by atoms with Crippen LogP contribution >= 0.6 is 0 Å². The summed E-state index contributed by atoms with van der Waals surface area (Å²) in [6.07, 6.45) is -5.28. The lowest BCUT2D eigenvalue weighted by Gasteiger charge is -2.22. The minimum atomic E-state index is -4.30. The number of benzene rings is 1. The van der Waals surface area contributed by atoms with Crippen molar-refractivity contribution in [1.29, 1.82) is 5.26 Å². The summed E-state index contributed by atoms with van der Waals surface area (Å²) in [5, 5.41) is 20.8. The molecule has 1 aliphatic rings. The van der Waals surface area contributed by atoms with Gasteiger partial charge in [-0.2, -0.15) is 18.4 Å². The van der Waals surface area contributed by atoms with Gasteiger partial charge < -0.3 is 15.2 Å². The highest BCUT2D eigenvalue weighted by atomic mass is 19.4. The van der Waals surface area contributed by atoms with Crippen LogP contribution in [0.1, 0.15) is 18.4 Å². The predicted molar refractivity (Wildman–Crippen MR) is 68.7 cm³/mol. The molecule has 4 nitrogen and oxygen atoms in total. The Morgan fingerprint density at radius 1 is 1.43 bits per heavy atom. The molecule has 0 aromatic heterocycles. The van der Waals surface area contributed by atoms with Crippen molar-refractivity contribution in [3.05, 3.63) is 29.8 Å². The van der Waals surface area contributed by atoms with Crippen LogP contribution in [-0.4, -0.2) is 36.1 Å². The Kier molecular flexibility index (Phi) is 4.40. The number of β-amino-alcohol motifs (C(OH)–C–C–N with tert-alkyl or cyclic N) is 1. The van der Waals surface area contributed by atoms with E-state index in [0.29, 0.717) is 11.3 Å². The highest BCUT2D eigenvalue weighted by molar-refractivity contribution is 5.36. The maximum absolute atomic E-state index is 12.7. The smallest absolute Gasteiger partial charge is 0.406 e. The van der Waals surface area contributed by atoms with E-state index in [1.165, 1.54) is 6.07 Å². The molecule has 0 radical (unpaired) electrons. The highest BCUT2D eigenvalue weighted by Crippen LogP contribution is 2.48. The number of hydrogen-bond acceptors (Lipinski definition) is 4. The normalized spacial score (nSPS) is 17.9. The Morgan fingerprint density at radius 3 is 2.71 bits per heavy atom. The summed E-state index contributed by atoms with van der Waals surface area (Å²) in [4.78, 5) is 0. The molecular formula is C14H15F3N2O2. The van der Waals surface area contributed by atoms with Gasteiger partial charge in [0, 0.05) is 6.54 Å². The van der Waals surface area contributed by atoms with Crippen LogP contribution in [0.3, 0.4) is 0 Å². The van der Waals surface area contributed by atoms with Crippen molar-refractivity contribution in [2.75, 3.05) is 13.2 Å². The number of aliphatic hydroxyl groups is 1. The maximum atomic E-state index is 12.7. The van der Waals surface area contributed by atoms with Crippen LogP contribution in [0.4, 0.5) is 13.2 Å². The van der Waals surface area contributed by atoms with Crippen molar-refractivity contribution in [3.63, 3.8) is 0 Å². The van der Waals surface area contributed by atoms with Gasteiger partial charge in [0.1, 0.15) is 24.0 Å². The fraction of sp³-hybridized carbons (Fsp3) is 0.500. The molecule has 0 heterocycles. The second kappa shape index (κ2) is 5.92. The molecule has 0 aliphatic heterocycles. The van der Waals surface area contributed by atoms with Gasteiger partial charge in [-0.15, -0.1) is 0 Å². The molecule has 1 atom stereocenters. The van der Waals surface area contributed by atoms with Gasteiger partial charge in [0.25, 0.3) is 0 Å². The van der Waals surface area contributed by atoms with E-state index in [-0.39, 0.29) is 26.0 Å². The van der Waals surface area contributed by atoms with Crippen molar-refractivity contribution < 1.29 is 23.0 Å². The number of aliphatic hydroxyl groups excluding tert-OH is 1. The number of nitrogens with one attached hydrogen (secondary N) is 1. The van der Waals surface area contributed by atoms with Crippen LogP contribution in [0, 0.1) is 11.3 Å². The van der Waals surface area contributed by atoms with Gasteiger partial charge in [-0.05, 0) is 31.0 Å². The summed E-state index contributed by atoms with van der Waals surface area (Å²) in [5.74, 6) is 0.394. The van der Waals surface area contributed by atoms with E-state index in [0.717, 1.165) is 0 Å². The third kappa shape index (κ3) is 3.86. The summed E-state index contributed by atoms with van der Waals surface area (Å²) in [6.45, 7) is -0.340. The quantitative estimate of drug-likeness (QED) is 0.843. The summed E-state index contributed by atoms with van der Waals surface area (Å²) in [6, 6.07) is 8.28. The first-order chi connectivity index (χ1) is 9.86. The fourth-order valence-corrected chi connectivity index (χ4v) is 1.91. The molecule has 0 bridgehead atoms. The summed E-state index contributed by atoms with van der Waals surface area (Å²) < 4.78 is 43.3. The lowest BCUT2D eigenvalue weighted by molar-refractivity contribution is -0.166. The molecule has 114 valence electrons. The number of halogens is 3. The molecule has 0 amide bonds. The van der Waals surface area contributed by atoms with Gasteiger partial charge in [0.15, 0.2) is 0 Å². The van der Waals surface area contributed by atoms with Crippen LogP contribution < -0.4 is 10.1 Å². The monoisotopic (exact) mass is 300 g/mol. The van der Waals surface area contributed by atoms with Crippen LogP contribution in [0.5, 0.6) is 5.75 Å². The second-order valence-electron chi connectivity index (χ2n) is 5.07. The molecule has 1 unspecified atom stereocenters. The number of hydrogen-bond donors (Lipinski definition) is 2. The van der Waals surface area contributed by atoms with Gasteiger partial charge in [0.2, 0.25) is 0 Å². The molecule has 1 aromatic carbocycles. The Hall–Kier alpha value is -1.78. The van der Waals surface area contributed by atoms with Gasteiger partial charge in [-0.25, -0.2) is 0 Å². The first-order valence-electron chi connectivity index (χ1n) is 6.49. The fourth-order valence-electron chi connectivity index (χ4n) is 1.91. The summed E-state index contributed by atoms with van der Waals surface area (Å²) in [5.41, 5.74) is -1.43. The Balaban J connectivity index is 1.78. The average molecular weight is 300 g/mol. The second-order valence-corrected chi connectivity index (χ2v) is 5.07. The molecule has 1 saturated carbocycles. The molecule has 1 aliphatic carbocycles. The predicted octanol–water partition coefficient (Wildman–Crippen LogP) is 1.98. The number of ether oxygens (including phenoxy) is 1. The average Bonchev–Trinajstić information content (AvgIpc) is 3.24. The van der Waals surface area contributed by atoms with E-state index in [2.05, 4.69) is 5.32 Å². The van der Waals surface area contributed by atoms with E-state index >= 15 is 0 Å². The first kappa shape index (κ1) is 15.6. The molecule has 7 heteroatoms. The molecule has 2 rings (SSSR count). The van der Waals surface area contributed by atoms with Crippen molar-refractivity contribution in [1.82, 2.24) is 5.32 Å². The molecule has 1 aromatic rings. The molecule has 2 N–H and O–H groups in total. The number of rotatable bonds is 6. The minimum Gasteiger partial charge on any atom is -0.491 e. The lowest BCUT2D eigenvalue weighted by atomic mass is 10.2. The SMILES string of the molecule is N#Cc1cccc(OCC(O)CNC2(C(F)(F)F)CC2)c1. The van der Waals surface area contributed by atoms with Gasteiger partial charge >= 0.3 is 6.18 Å². The topological polar surface area (TPSA) is 65.3 Å². The largest absolute Gasteiger partial charge is 0.491 e. The third-order valence-electron chi connectivity index (χ3n) is 3.37. The molecule has 0 spiro atoms. The van der Waals surface area contributed by atoms with Crippen molar-refractivity contribution in [2.45, 2.75) is 30.7 Å².